The number of methoxy groups -OCH3 is 1. The third-order valence-corrected chi connectivity index (χ3v) is 4.86. The number of aliphatic imine (C=N–C) groups is 1. The molecule has 0 unspecified atom stereocenters. The SMILES string of the molecule is C=CCc1cc(C=Nc2ccc([N+](=O)[O-])cc2)cc(OC)c1OCc1ccccc1Cl. The molecule has 0 saturated carbocycles. The van der Waals surface area contributed by atoms with Crippen molar-refractivity contribution in [2.45, 2.75) is 13.0 Å². The van der Waals surface area contributed by atoms with E-state index in [1.54, 1.807) is 31.5 Å². The van der Waals surface area contributed by atoms with Gasteiger partial charge in [-0.25, -0.2) is 0 Å². The van der Waals surface area contributed by atoms with Crippen LogP contribution in [-0.2, 0) is 13.0 Å². The van der Waals surface area contributed by atoms with Crippen LogP contribution in [0.1, 0.15) is 16.7 Å². The minimum atomic E-state index is -0.443. The normalized spacial score (nSPS) is 10.8. The number of nitro groups is 1. The maximum atomic E-state index is 10.8. The molecule has 0 bridgehead atoms. The molecule has 0 saturated heterocycles. The van der Waals surface area contributed by atoms with E-state index in [9.17, 15) is 10.1 Å². The van der Waals surface area contributed by atoms with E-state index in [4.69, 9.17) is 21.1 Å². The van der Waals surface area contributed by atoms with Crippen molar-refractivity contribution in [3.63, 3.8) is 0 Å². The lowest BCUT2D eigenvalue weighted by molar-refractivity contribution is -0.384. The van der Waals surface area contributed by atoms with E-state index in [-0.39, 0.29) is 5.69 Å². The molecule has 0 atom stereocenters. The van der Waals surface area contributed by atoms with Crippen molar-refractivity contribution in [1.82, 2.24) is 0 Å². The Morgan fingerprint density at radius 1 is 1.13 bits per heavy atom. The van der Waals surface area contributed by atoms with E-state index in [0.717, 1.165) is 16.7 Å². The zero-order valence-corrected chi connectivity index (χ0v) is 17.7. The lowest BCUT2D eigenvalue weighted by atomic mass is 10.1. The first-order chi connectivity index (χ1) is 15.0. The Hall–Kier alpha value is -3.64. The number of hydrogen-bond acceptors (Lipinski definition) is 5. The van der Waals surface area contributed by atoms with Crippen LogP contribution in [0.3, 0.4) is 0 Å². The molecule has 3 aromatic rings. The average molecular weight is 437 g/mol. The molecule has 6 nitrogen and oxygen atoms in total. The van der Waals surface area contributed by atoms with Crippen molar-refractivity contribution in [3.8, 4) is 11.5 Å². The van der Waals surface area contributed by atoms with Crippen LogP contribution in [0.5, 0.6) is 11.5 Å². The van der Waals surface area contributed by atoms with Crippen molar-refractivity contribution in [3.05, 3.63) is 105 Å². The summed E-state index contributed by atoms with van der Waals surface area (Å²) in [4.78, 5) is 14.7. The van der Waals surface area contributed by atoms with Gasteiger partial charge in [-0.2, -0.15) is 0 Å². The van der Waals surface area contributed by atoms with Gasteiger partial charge in [0, 0.05) is 34.5 Å². The van der Waals surface area contributed by atoms with E-state index in [2.05, 4.69) is 11.6 Å². The number of benzene rings is 3. The highest BCUT2D eigenvalue weighted by atomic mass is 35.5. The first kappa shape index (κ1) is 22.1. The molecule has 0 aromatic heterocycles. The van der Waals surface area contributed by atoms with Crippen molar-refractivity contribution >= 4 is 29.2 Å². The van der Waals surface area contributed by atoms with Crippen LogP contribution in [0.4, 0.5) is 11.4 Å². The molecule has 158 valence electrons. The lowest BCUT2D eigenvalue weighted by Crippen LogP contribution is -2.02. The van der Waals surface area contributed by atoms with E-state index >= 15 is 0 Å². The summed E-state index contributed by atoms with van der Waals surface area (Å²) in [5.74, 6) is 1.19. The largest absolute Gasteiger partial charge is 0.493 e. The molecule has 3 rings (SSSR count). The molecule has 0 N–H and O–H groups in total. The number of nitrogens with zero attached hydrogens (tertiary/aromatic N) is 2. The molecule has 0 radical (unpaired) electrons. The minimum absolute atomic E-state index is 0.0221. The maximum Gasteiger partial charge on any atom is 0.269 e. The van der Waals surface area contributed by atoms with Gasteiger partial charge in [-0.1, -0.05) is 35.9 Å². The van der Waals surface area contributed by atoms with Gasteiger partial charge in [-0.05, 0) is 42.3 Å². The van der Waals surface area contributed by atoms with E-state index in [1.807, 2.05) is 36.4 Å². The van der Waals surface area contributed by atoms with Crippen LogP contribution in [0, 0.1) is 10.1 Å². The molecule has 0 amide bonds. The van der Waals surface area contributed by atoms with Gasteiger partial charge >= 0.3 is 0 Å². The highest BCUT2D eigenvalue weighted by Gasteiger charge is 2.13. The Labute approximate surface area is 185 Å². The number of nitro benzene ring substituents is 1. The summed E-state index contributed by atoms with van der Waals surface area (Å²) in [6.45, 7) is 4.13. The van der Waals surface area contributed by atoms with Gasteiger partial charge in [-0.15, -0.1) is 6.58 Å². The van der Waals surface area contributed by atoms with Crippen LogP contribution in [0.15, 0.2) is 78.3 Å². The molecule has 3 aromatic carbocycles. The fourth-order valence-electron chi connectivity index (χ4n) is 2.96. The maximum absolute atomic E-state index is 10.8. The number of halogens is 1. The standard InChI is InChI=1S/C24H21ClN2O4/c1-3-6-18-13-17(15-26-20-9-11-21(12-10-20)27(28)29)14-23(30-2)24(18)31-16-19-7-4-5-8-22(19)25/h3-5,7-15H,1,6,16H2,2H3. The Kier molecular flexibility index (Phi) is 7.40. The molecule has 0 aliphatic carbocycles. The van der Waals surface area contributed by atoms with Gasteiger partial charge in [0.25, 0.3) is 5.69 Å². The summed E-state index contributed by atoms with van der Waals surface area (Å²) in [6.07, 6.45) is 4.04. The van der Waals surface area contributed by atoms with Crippen LogP contribution in [0.2, 0.25) is 5.02 Å². The fourth-order valence-corrected chi connectivity index (χ4v) is 3.15. The lowest BCUT2D eigenvalue weighted by Gasteiger charge is -2.16. The van der Waals surface area contributed by atoms with Gasteiger partial charge in [-0.3, -0.25) is 15.1 Å². The second-order valence-electron chi connectivity index (χ2n) is 6.62. The highest BCUT2D eigenvalue weighted by Crippen LogP contribution is 2.34. The molecule has 0 heterocycles. The Bertz CT molecular complexity index is 1110. The van der Waals surface area contributed by atoms with Crippen molar-refractivity contribution in [2.24, 2.45) is 4.99 Å². The quantitative estimate of drug-likeness (QED) is 0.170. The summed E-state index contributed by atoms with van der Waals surface area (Å²) >= 11 is 6.23. The van der Waals surface area contributed by atoms with Crippen molar-refractivity contribution in [2.75, 3.05) is 7.11 Å². The summed E-state index contributed by atoms with van der Waals surface area (Å²) in [6, 6.07) is 17.3. The second-order valence-corrected chi connectivity index (χ2v) is 7.02. The number of rotatable bonds is 9. The third-order valence-electron chi connectivity index (χ3n) is 4.49. The first-order valence-corrected chi connectivity index (χ1v) is 9.86. The topological polar surface area (TPSA) is 74.0 Å². The second kappa shape index (κ2) is 10.4. The van der Waals surface area contributed by atoms with Gasteiger partial charge in [0.1, 0.15) is 6.61 Å². The Morgan fingerprint density at radius 2 is 1.87 bits per heavy atom. The van der Waals surface area contributed by atoms with E-state index in [0.29, 0.717) is 35.2 Å². The average Bonchev–Trinajstić information content (AvgIpc) is 2.78. The van der Waals surface area contributed by atoms with Crippen LogP contribution >= 0.6 is 11.6 Å². The summed E-state index contributed by atoms with van der Waals surface area (Å²) in [5.41, 5.74) is 3.20. The third kappa shape index (κ3) is 5.71. The summed E-state index contributed by atoms with van der Waals surface area (Å²) < 4.78 is 11.6. The minimum Gasteiger partial charge on any atom is -0.493 e. The summed E-state index contributed by atoms with van der Waals surface area (Å²) in [7, 11) is 1.58. The molecule has 7 heteroatoms. The number of non-ortho nitro benzene ring substituents is 1. The zero-order chi connectivity index (χ0) is 22.2. The van der Waals surface area contributed by atoms with E-state index in [1.165, 1.54) is 12.1 Å². The van der Waals surface area contributed by atoms with Gasteiger partial charge in [0.15, 0.2) is 11.5 Å². The zero-order valence-electron chi connectivity index (χ0n) is 17.0. The Balaban J connectivity index is 1.87. The van der Waals surface area contributed by atoms with Gasteiger partial charge < -0.3 is 9.47 Å². The van der Waals surface area contributed by atoms with E-state index < -0.39 is 4.92 Å². The molecule has 0 aliphatic heterocycles. The van der Waals surface area contributed by atoms with Crippen LogP contribution in [0.25, 0.3) is 0 Å². The Morgan fingerprint density at radius 3 is 2.52 bits per heavy atom. The predicted octanol–water partition coefficient (Wildman–Crippen LogP) is 6.31. The summed E-state index contributed by atoms with van der Waals surface area (Å²) in [5, 5.41) is 11.4. The van der Waals surface area contributed by atoms with Crippen LogP contribution < -0.4 is 9.47 Å². The highest BCUT2D eigenvalue weighted by molar-refractivity contribution is 6.31. The molecular formula is C24H21ClN2O4. The molecule has 0 spiro atoms. The van der Waals surface area contributed by atoms with Crippen molar-refractivity contribution in [1.29, 1.82) is 0 Å². The fraction of sp³-hybridized carbons (Fsp3) is 0.125. The molecular weight excluding hydrogens is 416 g/mol. The smallest absolute Gasteiger partial charge is 0.269 e. The molecule has 0 aliphatic rings. The van der Waals surface area contributed by atoms with Crippen molar-refractivity contribution < 1.29 is 14.4 Å². The van der Waals surface area contributed by atoms with Gasteiger partial charge in [0.05, 0.1) is 17.7 Å². The molecule has 31 heavy (non-hydrogen) atoms. The predicted molar refractivity (Wildman–Crippen MR) is 123 cm³/mol. The monoisotopic (exact) mass is 436 g/mol. The van der Waals surface area contributed by atoms with Crippen LogP contribution in [-0.4, -0.2) is 18.2 Å². The number of hydrogen-bond donors (Lipinski definition) is 0. The first-order valence-electron chi connectivity index (χ1n) is 9.48. The molecule has 0 fully saturated rings. The van der Waals surface area contributed by atoms with Gasteiger partial charge in [0.2, 0.25) is 0 Å². The number of ether oxygens (including phenoxy) is 2. The number of allylic oxidation sites excluding steroid dienone is 1.